The summed E-state index contributed by atoms with van der Waals surface area (Å²) in [6, 6.07) is 24.1. The van der Waals surface area contributed by atoms with E-state index in [1.165, 1.54) is 0 Å². The standard InChI is InChI=1S/C31H35N3O5.2ClH/c1-3-34(2)31(37)28-11-7-10-27-29(16-17-32-30(27)28)39-26-14-12-22(13-15-26)18-23(20-35)33-19-24(36)21-38-25-8-5-4-6-9-25;;/h4-17,23-24,33,35-36H,3,18-21H2,1-2H3;2*1H/t23-,24-;;/m0../s1. The first kappa shape index (κ1) is 33.8. The Hall–Kier alpha value is -3.40. The number of carbonyl (C=O) groups is 1. The molecule has 2 atom stereocenters. The lowest BCUT2D eigenvalue weighted by molar-refractivity contribution is 0.0804. The van der Waals surface area contributed by atoms with E-state index in [0.29, 0.717) is 47.8 Å². The number of halogens is 2. The van der Waals surface area contributed by atoms with Gasteiger partial charge in [0, 0.05) is 37.8 Å². The van der Waals surface area contributed by atoms with Crippen LogP contribution in [-0.2, 0) is 6.42 Å². The average molecular weight is 603 g/mol. The van der Waals surface area contributed by atoms with Gasteiger partial charge >= 0.3 is 0 Å². The molecule has 0 aliphatic heterocycles. The SMILES string of the molecule is CCN(C)C(=O)c1cccc2c(Oc3ccc(C[C@@H](CO)NC[C@H](O)COc4ccccc4)cc3)ccnc12.Cl.Cl. The fourth-order valence-corrected chi connectivity index (χ4v) is 4.14. The third kappa shape index (κ3) is 9.31. The summed E-state index contributed by atoms with van der Waals surface area (Å²) in [5.74, 6) is 1.88. The van der Waals surface area contributed by atoms with Crippen molar-refractivity contribution < 1.29 is 24.5 Å². The van der Waals surface area contributed by atoms with E-state index in [9.17, 15) is 15.0 Å². The molecule has 0 bridgehead atoms. The molecule has 3 aromatic carbocycles. The first-order valence-electron chi connectivity index (χ1n) is 13.1. The second-order valence-corrected chi connectivity index (χ2v) is 9.35. The van der Waals surface area contributed by atoms with Gasteiger partial charge in [-0.3, -0.25) is 9.78 Å². The maximum absolute atomic E-state index is 12.8. The van der Waals surface area contributed by atoms with Gasteiger partial charge in [0.2, 0.25) is 0 Å². The van der Waals surface area contributed by atoms with Crippen LogP contribution in [0.15, 0.2) is 85.1 Å². The zero-order chi connectivity index (χ0) is 27.6. The van der Waals surface area contributed by atoms with Gasteiger partial charge in [0.1, 0.15) is 30.0 Å². The summed E-state index contributed by atoms with van der Waals surface area (Å²) in [5.41, 5.74) is 2.15. The van der Waals surface area contributed by atoms with Crippen molar-refractivity contribution in [1.29, 1.82) is 0 Å². The number of aliphatic hydroxyl groups is 2. The molecule has 10 heteroatoms. The van der Waals surface area contributed by atoms with Gasteiger partial charge in [0.15, 0.2) is 0 Å². The van der Waals surface area contributed by atoms with Crippen molar-refractivity contribution in [2.75, 3.05) is 33.4 Å². The number of nitrogens with one attached hydrogen (secondary N) is 1. The van der Waals surface area contributed by atoms with Crippen molar-refractivity contribution in [2.24, 2.45) is 0 Å². The van der Waals surface area contributed by atoms with Gasteiger partial charge < -0.3 is 29.9 Å². The largest absolute Gasteiger partial charge is 0.491 e. The number of pyridine rings is 1. The minimum Gasteiger partial charge on any atom is -0.491 e. The van der Waals surface area contributed by atoms with E-state index in [1.807, 2.05) is 73.7 Å². The number of benzene rings is 3. The highest BCUT2D eigenvalue weighted by Gasteiger charge is 2.17. The van der Waals surface area contributed by atoms with Crippen LogP contribution in [0.4, 0.5) is 0 Å². The van der Waals surface area contributed by atoms with E-state index in [2.05, 4.69) is 10.3 Å². The van der Waals surface area contributed by atoms with E-state index in [1.54, 1.807) is 30.3 Å². The van der Waals surface area contributed by atoms with Crippen molar-refractivity contribution in [3.63, 3.8) is 0 Å². The third-order valence-corrected chi connectivity index (χ3v) is 6.46. The predicted molar refractivity (Wildman–Crippen MR) is 166 cm³/mol. The van der Waals surface area contributed by atoms with Crippen LogP contribution in [0.1, 0.15) is 22.8 Å². The molecule has 4 aromatic rings. The molecule has 0 saturated carbocycles. The molecule has 0 fully saturated rings. The first-order chi connectivity index (χ1) is 19.0. The van der Waals surface area contributed by atoms with Crippen LogP contribution in [0.2, 0.25) is 0 Å². The van der Waals surface area contributed by atoms with E-state index in [-0.39, 0.29) is 50.0 Å². The van der Waals surface area contributed by atoms with Gasteiger partial charge in [-0.2, -0.15) is 0 Å². The van der Waals surface area contributed by atoms with Crippen LogP contribution >= 0.6 is 24.8 Å². The molecule has 0 radical (unpaired) electrons. The number of aromatic nitrogens is 1. The summed E-state index contributed by atoms with van der Waals surface area (Å²) in [4.78, 5) is 18.9. The van der Waals surface area contributed by atoms with Crippen LogP contribution in [0.25, 0.3) is 10.9 Å². The Bertz CT molecular complexity index is 1360. The smallest absolute Gasteiger partial charge is 0.255 e. The second kappa shape index (κ2) is 16.8. The summed E-state index contributed by atoms with van der Waals surface area (Å²) >= 11 is 0. The monoisotopic (exact) mass is 601 g/mol. The molecular formula is C31H37Cl2N3O5. The van der Waals surface area contributed by atoms with E-state index in [4.69, 9.17) is 9.47 Å². The number of rotatable bonds is 13. The van der Waals surface area contributed by atoms with Crippen molar-refractivity contribution in [1.82, 2.24) is 15.2 Å². The van der Waals surface area contributed by atoms with Crippen LogP contribution in [0.5, 0.6) is 17.2 Å². The zero-order valence-electron chi connectivity index (χ0n) is 23.1. The Kier molecular flexibility index (Phi) is 13.8. The Morgan fingerprint density at radius 3 is 2.39 bits per heavy atom. The van der Waals surface area contributed by atoms with Crippen molar-refractivity contribution >= 4 is 41.6 Å². The average Bonchev–Trinajstić information content (AvgIpc) is 2.98. The number of fused-ring (bicyclic) bond motifs is 1. The topological polar surface area (TPSA) is 104 Å². The first-order valence-corrected chi connectivity index (χ1v) is 13.1. The molecule has 1 heterocycles. The maximum atomic E-state index is 12.8. The molecule has 1 amide bonds. The van der Waals surface area contributed by atoms with E-state index in [0.717, 1.165) is 10.9 Å². The van der Waals surface area contributed by atoms with Gasteiger partial charge in [-0.1, -0.05) is 36.4 Å². The van der Waals surface area contributed by atoms with Crippen LogP contribution < -0.4 is 14.8 Å². The lowest BCUT2D eigenvalue weighted by Crippen LogP contribution is -2.41. The fraction of sp³-hybridized carbons (Fsp3) is 0.290. The Balaban J connectivity index is 0.00000294. The van der Waals surface area contributed by atoms with Gasteiger partial charge in [0.05, 0.1) is 17.7 Å². The Morgan fingerprint density at radius 2 is 1.71 bits per heavy atom. The maximum Gasteiger partial charge on any atom is 0.255 e. The number of para-hydroxylation sites is 2. The highest BCUT2D eigenvalue weighted by molar-refractivity contribution is 6.06. The number of ether oxygens (including phenoxy) is 2. The van der Waals surface area contributed by atoms with Crippen LogP contribution in [-0.4, -0.2) is 71.5 Å². The summed E-state index contributed by atoms with van der Waals surface area (Å²) in [5, 5.41) is 24.1. The molecule has 0 saturated heterocycles. The predicted octanol–water partition coefficient (Wildman–Crippen LogP) is 4.90. The zero-order valence-corrected chi connectivity index (χ0v) is 24.7. The highest BCUT2D eigenvalue weighted by atomic mass is 35.5. The van der Waals surface area contributed by atoms with Gasteiger partial charge in [-0.15, -0.1) is 24.8 Å². The summed E-state index contributed by atoms with van der Waals surface area (Å²) < 4.78 is 11.8. The van der Waals surface area contributed by atoms with Crippen molar-refractivity contribution in [3.8, 4) is 17.2 Å². The number of carbonyl (C=O) groups excluding carboxylic acids is 1. The molecule has 41 heavy (non-hydrogen) atoms. The molecule has 1 aromatic heterocycles. The number of hydrogen-bond acceptors (Lipinski definition) is 7. The van der Waals surface area contributed by atoms with Gasteiger partial charge in [-0.25, -0.2) is 0 Å². The van der Waals surface area contributed by atoms with Crippen molar-refractivity contribution in [3.05, 3.63) is 96.2 Å². The molecule has 8 nitrogen and oxygen atoms in total. The third-order valence-electron chi connectivity index (χ3n) is 6.46. The molecule has 0 unspecified atom stereocenters. The minimum atomic E-state index is -0.705. The van der Waals surface area contributed by atoms with E-state index < -0.39 is 6.10 Å². The summed E-state index contributed by atoms with van der Waals surface area (Å²) in [6.45, 7) is 2.93. The van der Waals surface area contributed by atoms with Gasteiger partial charge in [0.25, 0.3) is 5.91 Å². The molecule has 0 spiro atoms. The van der Waals surface area contributed by atoms with Crippen LogP contribution in [0.3, 0.4) is 0 Å². The normalized spacial score (nSPS) is 12.0. The lowest BCUT2D eigenvalue weighted by atomic mass is 10.1. The molecule has 4 rings (SSSR count). The molecule has 220 valence electrons. The number of amides is 1. The van der Waals surface area contributed by atoms with Crippen molar-refractivity contribution in [2.45, 2.75) is 25.5 Å². The number of nitrogens with zero attached hydrogens (tertiary/aromatic N) is 2. The van der Waals surface area contributed by atoms with Crippen LogP contribution in [0, 0.1) is 0 Å². The second-order valence-electron chi connectivity index (χ2n) is 9.35. The molecular weight excluding hydrogens is 565 g/mol. The Labute approximate surface area is 253 Å². The quantitative estimate of drug-likeness (QED) is 0.200. The lowest BCUT2D eigenvalue weighted by Gasteiger charge is -2.19. The minimum absolute atomic E-state index is 0. The summed E-state index contributed by atoms with van der Waals surface area (Å²) in [7, 11) is 1.77. The van der Waals surface area contributed by atoms with Gasteiger partial charge in [-0.05, 0) is 61.4 Å². The Morgan fingerprint density at radius 1 is 0.976 bits per heavy atom. The summed E-state index contributed by atoms with van der Waals surface area (Å²) in [6.07, 6.45) is 1.52. The number of aliphatic hydroxyl groups excluding tert-OH is 2. The highest BCUT2D eigenvalue weighted by Crippen LogP contribution is 2.31. The molecule has 0 aliphatic carbocycles. The molecule has 0 aliphatic rings. The fourth-order valence-electron chi connectivity index (χ4n) is 4.14. The number of hydrogen-bond donors (Lipinski definition) is 3. The molecule has 3 N–H and O–H groups in total. The van der Waals surface area contributed by atoms with E-state index >= 15 is 0 Å².